The van der Waals surface area contributed by atoms with Crippen LogP contribution < -0.4 is 4.74 Å². The smallest absolute Gasteiger partial charge is 0.138 e. The summed E-state index contributed by atoms with van der Waals surface area (Å²) >= 11 is 6.12. The molecule has 0 bridgehead atoms. The van der Waals surface area contributed by atoms with Crippen LogP contribution in [-0.2, 0) is 6.61 Å². The Hall–Kier alpha value is -2.00. The second-order valence-electron chi connectivity index (χ2n) is 6.42. The van der Waals surface area contributed by atoms with Crippen molar-refractivity contribution >= 4 is 17.3 Å². The minimum absolute atomic E-state index is 0.439. The molecule has 126 valence electrons. The van der Waals surface area contributed by atoms with Crippen molar-refractivity contribution in [3.05, 3.63) is 65.5 Å². The molecular weight excluding hydrogens is 320 g/mol. The Labute approximate surface area is 148 Å². The van der Waals surface area contributed by atoms with Gasteiger partial charge in [0.1, 0.15) is 12.4 Å². The van der Waals surface area contributed by atoms with Crippen molar-refractivity contribution in [3.63, 3.8) is 0 Å². The molecule has 3 rings (SSSR count). The summed E-state index contributed by atoms with van der Waals surface area (Å²) in [6.07, 6.45) is 6.15. The first kappa shape index (κ1) is 16.8. The summed E-state index contributed by atoms with van der Waals surface area (Å²) in [4.78, 5) is 6.71. The van der Waals surface area contributed by atoms with E-state index in [2.05, 4.69) is 29.5 Å². The predicted molar refractivity (Wildman–Crippen MR) is 99.0 cm³/mol. The third-order valence-corrected chi connectivity index (χ3v) is 4.84. The van der Waals surface area contributed by atoms with Crippen LogP contribution >= 0.6 is 11.6 Å². The van der Waals surface area contributed by atoms with Crippen molar-refractivity contribution < 1.29 is 4.74 Å². The Morgan fingerprint density at radius 1 is 1.29 bits per heavy atom. The number of ether oxygens (including phenoxy) is 1. The lowest BCUT2D eigenvalue weighted by molar-refractivity contribution is 0.268. The van der Waals surface area contributed by atoms with Crippen LogP contribution in [0.3, 0.4) is 0 Å². The number of rotatable bonds is 5. The van der Waals surface area contributed by atoms with E-state index >= 15 is 0 Å². The van der Waals surface area contributed by atoms with Crippen LogP contribution in [0.15, 0.2) is 49.3 Å². The number of likely N-dealkylation sites (tertiary alicyclic amines) is 1. The largest absolute Gasteiger partial charge is 0.487 e. The zero-order valence-corrected chi connectivity index (χ0v) is 14.8. The number of para-hydroxylation sites is 1. The highest BCUT2D eigenvalue weighted by atomic mass is 35.5. The van der Waals surface area contributed by atoms with Crippen LogP contribution in [0.2, 0.25) is 5.02 Å². The maximum Gasteiger partial charge on any atom is 0.138 e. The first-order valence-corrected chi connectivity index (χ1v) is 8.77. The molecule has 0 spiro atoms. The molecule has 0 atom stereocenters. The van der Waals surface area contributed by atoms with Gasteiger partial charge in [-0.05, 0) is 37.0 Å². The van der Waals surface area contributed by atoms with E-state index in [0.717, 1.165) is 35.8 Å². The first-order valence-electron chi connectivity index (χ1n) is 8.39. The van der Waals surface area contributed by atoms with Gasteiger partial charge in [0.25, 0.3) is 0 Å². The molecule has 0 amide bonds. The molecule has 0 unspecified atom stereocenters. The maximum absolute atomic E-state index is 6.12. The van der Waals surface area contributed by atoms with Crippen LogP contribution in [0, 0.1) is 5.92 Å². The minimum Gasteiger partial charge on any atom is -0.487 e. The Kier molecular flexibility index (Phi) is 5.41. The molecule has 1 fully saturated rings. The lowest BCUT2D eigenvalue weighted by Gasteiger charge is -2.33. The van der Waals surface area contributed by atoms with Crippen molar-refractivity contribution in [2.45, 2.75) is 26.4 Å². The van der Waals surface area contributed by atoms with Crippen molar-refractivity contribution in [2.75, 3.05) is 13.1 Å². The summed E-state index contributed by atoms with van der Waals surface area (Å²) in [5, 5.41) is 0.619. The van der Waals surface area contributed by atoms with Crippen molar-refractivity contribution in [1.29, 1.82) is 0 Å². The molecule has 1 aromatic heterocycles. The number of pyridine rings is 1. The molecule has 2 aromatic rings. The molecule has 1 aliphatic rings. The molecule has 0 N–H and O–H groups in total. The van der Waals surface area contributed by atoms with Gasteiger partial charge in [-0.3, -0.25) is 4.98 Å². The molecule has 0 aliphatic carbocycles. The van der Waals surface area contributed by atoms with Gasteiger partial charge in [-0.1, -0.05) is 37.2 Å². The van der Waals surface area contributed by atoms with Crippen LogP contribution in [0.4, 0.5) is 0 Å². The number of hydrogen-bond acceptors (Lipinski definition) is 3. The summed E-state index contributed by atoms with van der Waals surface area (Å²) in [6.45, 7) is 9.16. The summed E-state index contributed by atoms with van der Waals surface area (Å²) < 4.78 is 5.80. The van der Waals surface area contributed by atoms with E-state index in [-0.39, 0.29) is 0 Å². The van der Waals surface area contributed by atoms with Gasteiger partial charge in [0, 0.05) is 42.3 Å². The SMILES string of the molecule is C=C(c1cncc(COc2ccccc2Cl)c1)N1CCC(C)CC1. The molecule has 3 nitrogen and oxygen atoms in total. The summed E-state index contributed by atoms with van der Waals surface area (Å²) in [5.41, 5.74) is 3.12. The van der Waals surface area contributed by atoms with Crippen molar-refractivity contribution in [3.8, 4) is 5.75 Å². The molecule has 24 heavy (non-hydrogen) atoms. The third-order valence-electron chi connectivity index (χ3n) is 4.52. The van der Waals surface area contributed by atoms with Crippen molar-refractivity contribution in [1.82, 2.24) is 9.88 Å². The predicted octanol–water partition coefficient (Wildman–Crippen LogP) is 5.02. The molecule has 1 aliphatic heterocycles. The Balaban J connectivity index is 1.65. The number of piperidine rings is 1. The number of aromatic nitrogens is 1. The quantitative estimate of drug-likeness (QED) is 0.763. The monoisotopic (exact) mass is 342 g/mol. The molecule has 2 heterocycles. The average molecular weight is 343 g/mol. The highest BCUT2D eigenvalue weighted by Crippen LogP contribution is 2.26. The zero-order valence-electron chi connectivity index (χ0n) is 14.0. The van der Waals surface area contributed by atoms with Crippen LogP contribution in [0.25, 0.3) is 5.70 Å². The van der Waals surface area contributed by atoms with E-state index in [1.165, 1.54) is 12.8 Å². The fraction of sp³-hybridized carbons (Fsp3) is 0.350. The standard InChI is InChI=1S/C20H23ClN2O/c1-15-7-9-23(10-8-15)16(2)18-11-17(12-22-13-18)14-24-20-6-4-3-5-19(20)21/h3-6,11-13,15H,2,7-10,14H2,1H3. The van der Waals surface area contributed by atoms with Gasteiger partial charge in [-0.15, -0.1) is 0 Å². The number of nitrogens with zero attached hydrogens (tertiary/aromatic N) is 2. The third kappa shape index (κ3) is 4.09. The molecule has 0 radical (unpaired) electrons. The fourth-order valence-electron chi connectivity index (χ4n) is 2.91. The van der Waals surface area contributed by atoms with E-state index < -0.39 is 0 Å². The normalized spacial score (nSPS) is 15.3. The number of benzene rings is 1. The molecule has 4 heteroatoms. The van der Waals surface area contributed by atoms with Crippen LogP contribution in [-0.4, -0.2) is 23.0 Å². The van der Waals surface area contributed by atoms with Crippen molar-refractivity contribution in [2.24, 2.45) is 5.92 Å². The second-order valence-corrected chi connectivity index (χ2v) is 6.82. The zero-order chi connectivity index (χ0) is 16.9. The highest BCUT2D eigenvalue weighted by molar-refractivity contribution is 6.32. The fourth-order valence-corrected chi connectivity index (χ4v) is 3.10. The molecule has 1 saturated heterocycles. The van der Waals surface area contributed by atoms with Crippen LogP contribution in [0.5, 0.6) is 5.75 Å². The van der Waals surface area contributed by atoms with E-state index in [1.807, 2.05) is 36.7 Å². The van der Waals surface area contributed by atoms with Crippen LogP contribution in [0.1, 0.15) is 30.9 Å². The van der Waals surface area contributed by atoms with E-state index in [4.69, 9.17) is 16.3 Å². The van der Waals surface area contributed by atoms with Gasteiger partial charge in [-0.25, -0.2) is 0 Å². The Morgan fingerprint density at radius 2 is 2.04 bits per heavy atom. The summed E-state index contributed by atoms with van der Waals surface area (Å²) in [7, 11) is 0. The summed E-state index contributed by atoms with van der Waals surface area (Å²) in [6, 6.07) is 9.60. The minimum atomic E-state index is 0.439. The van der Waals surface area contributed by atoms with Gasteiger partial charge in [0.2, 0.25) is 0 Å². The van der Waals surface area contributed by atoms with Gasteiger partial charge < -0.3 is 9.64 Å². The van der Waals surface area contributed by atoms with Gasteiger partial charge in [0.05, 0.1) is 5.02 Å². The van der Waals surface area contributed by atoms with E-state index in [1.54, 1.807) is 0 Å². The maximum atomic E-state index is 6.12. The molecule has 0 saturated carbocycles. The van der Waals surface area contributed by atoms with Gasteiger partial charge in [-0.2, -0.15) is 0 Å². The van der Waals surface area contributed by atoms with Gasteiger partial charge >= 0.3 is 0 Å². The van der Waals surface area contributed by atoms with E-state index in [0.29, 0.717) is 17.4 Å². The van der Waals surface area contributed by atoms with E-state index in [9.17, 15) is 0 Å². The van der Waals surface area contributed by atoms with Gasteiger partial charge in [0.15, 0.2) is 0 Å². The molecule has 1 aromatic carbocycles. The Bertz CT molecular complexity index is 708. The topological polar surface area (TPSA) is 25.4 Å². The summed E-state index contributed by atoms with van der Waals surface area (Å²) in [5.74, 6) is 1.50. The molecular formula is C20H23ClN2O. The first-order chi connectivity index (χ1) is 11.6. The lowest BCUT2D eigenvalue weighted by Crippen LogP contribution is -2.31. The number of halogens is 1. The number of hydrogen-bond donors (Lipinski definition) is 0. The lowest BCUT2D eigenvalue weighted by atomic mass is 9.98. The Morgan fingerprint density at radius 3 is 2.79 bits per heavy atom. The average Bonchev–Trinajstić information content (AvgIpc) is 2.61. The second kappa shape index (κ2) is 7.71. The highest BCUT2D eigenvalue weighted by Gasteiger charge is 2.18.